The quantitative estimate of drug-likeness (QED) is 0.758. The maximum atomic E-state index is 12.0. The monoisotopic (exact) mass is 241 g/mol. The SMILES string of the molecule is O=C1CCN(C(=O)c2cc(Cl)c[nH]2)CCN1. The van der Waals surface area contributed by atoms with Crippen LogP contribution in [-0.4, -0.2) is 41.3 Å². The van der Waals surface area contributed by atoms with Gasteiger partial charge in [0.25, 0.3) is 5.91 Å². The summed E-state index contributed by atoms with van der Waals surface area (Å²) >= 11 is 5.73. The first-order valence-electron chi connectivity index (χ1n) is 5.07. The van der Waals surface area contributed by atoms with Crippen LogP contribution < -0.4 is 5.32 Å². The van der Waals surface area contributed by atoms with E-state index < -0.39 is 0 Å². The average Bonchev–Trinajstić information content (AvgIpc) is 2.57. The molecular weight excluding hydrogens is 230 g/mol. The molecule has 0 saturated carbocycles. The van der Waals surface area contributed by atoms with Crippen molar-refractivity contribution in [1.29, 1.82) is 0 Å². The minimum atomic E-state index is -0.122. The van der Waals surface area contributed by atoms with Gasteiger partial charge in [0.2, 0.25) is 5.91 Å². The molecular formula is C10H12ClN3O2. The molecule has 86 valence electrons. The molecule has 0 aromatic carbocycles. The van der Waals surface area contributed by atoms with Gasteiger partial charge in [-0.1, -0.05) is 11.6 Å². The largest absolute Gasteiger partial charge is 0.356 e. The second-order valence-corrected chi connectivity index (χ2v) is 4.06. The van der Waals surface area contributed by atoms with Gasteiger partial charge in [0.15, 0.2) is 0 Å². The van der Waals surface area contributed by atoms with Gasteiger partial charge in [0.1, 0.15) is 5.69 Å². The molecule has 0 aliphatic carbocycles. The third-order valence-corrected chi connectivity index (χ3v) is 2.70. The molecule has 1 saturated heterocycles. The highest BCUT2D eigenvalue weighted by Crippen LogP contribution is 2.12. The molecule has 2 amide bonds. The zero-order valence-corrected chi connectivity index (χ0v) is 9.38. The van der Waals surface area contributed by atoms with Crippen molar-refractivity contribution in [2.75, 3.05) is 19.6 Å². The lowest BCUT2D eigenvalue weighted by molar-refractivity contribution is -0.120. The van der Waals surface area contributed by atoms with Gasteiger partial charge in [-0.15, -0.1) is 0 Å². The number of aromatic amines is 1. The lowest BCUT2D eigenvalue weighted by Crippen LogP contribution is -2.34. The van der Waals surface area contributed by atoms with Gasteiger partial charge in [0, 0.05) is 32.3 Å². The van der Waals surface area contributed by atoms with Crippen molar-refractivity contribution in [3.05, 3.63) is 23.0 Å². The van der Waals surface area contributed by atoms with Crippen molar-refractivity contribution < 1.29 is 9.59 Å². The molecule has 1 aliphatic rings. The van der Waals surface area contributed by atoms with E-state index in [1.54, 1.807) is 17.2 Å². The van der Waals surface area contributed by atoms with Gasteiger partial charge < -0.3 is 15.2 Å². The molecule has 0 spiro atoms. The summed E-state index contributed by atoms with van der Waals surface area (Å²) in [5, 5.41) is 3.22. The molecule has 0 atom stereocenters. The number of nitrogens with zero attached hydrogens (tertiary/aromatic N) is 1. The third kappa shape index (κ3) is 2.36. The van der Waals surface area contributed by atoms with Crippen LogP contribution in [0.15, 0.2) is 12.3 Å². The number of hydrogen-bond acceptors (Lipinski definition) is 2. The van der Waals surface area contributed by atoms with Crippen molar-refractivity contribution in [1.82, 2.24) is 15.2 Å². The number of halogens is 1. The Morgan fingerprint density at radius 1 is 1.44 bits per heavy atom. The molecule has 1 aromatic rings. The molecule has 0 bridgehead atoms. The van der Waals surface area contributed by atoms with E-state index in [1.165, 1.54) is 0 Å². The smallest absolute Gasteiger partial charge is 0.270 e. The fourth-order valence-electron chi connectivity index (χ4n) is 1.63. The second-order valence-electron chi connectivity index (χ2n) is 3.62. The lowest BCUT2D eigenvalue weighted by atomic mass is 10.3. The second kappa shape index (κ2) is 4.57. The van der Waals surface area contributed by atoms with E-state index in [2.05, 4.69) is 10.3 Å². The molecule has 6 heteroatoms. The van der Waals surface area contributed by atoms with Crippen LogP contribution in [0.25, 0.3) is 0 Å². The standard InChI is InChI=1S/C10H12ClN3O2/c11-7-5-8(13-6-7)10(16)14-3-1-9(15)12-2-4-14/h5-6,13H,1-4H2,(H,12,15). The number of carbonyl (C=O) groups excluding carboxylic acids is 2. The van der Waals surface area contributed by atoms with Crippen molar-refractivity contribution >= 4 is 23.4 Å². The maximum absolute atomic E-state index is 12.0. The number of nitrogens with one attached hydrogen (secondary N) is 2. The average molecular weight is 242 g/mol. The van der Waals surface area contributed by atoms with E-state index in [4.69, 9.17) is 11.6 Å². The van der Waals surface area contributed by atoms with Gasteiger partial charge in [0.05, 0.1) is 5.02 Å². The van der Waals surface area contributed by atoms with Crippen LogP contribution in [0.4, 0.5) is 0 Å². The number of rotatable bonds is 1. The Kier molecular flexibility index (Phi) is 3.14. The zero-order chi connectivity index (χ0) is 11.5. The highest BCUT2D eigenvalue weighted by atomic mass is 35.5. The summed E-state index contributed by atoms with van der Waals surface area (Å²) in [6, 6.07) is 1.59. The van der Waals surface area contributed by atoms with Gasteiger partial charge in [-0.05, 0) is 6.07 Å². The predicted molar refractivity (Wildman–Crippen MR) is 59.3 cm³/mol. The van der Waals surface area contributed by atoms with E-state index in [9.17, 15) is 9.59 Å². The van der Waals surface area contributed by atoms with Crippen molar-refractivity contribution in [2.24, 2.45) is 0 Å². The van der Waals surface area contributed by atoms with Crippen LogP contribution >= 0.6 is 11.6 Å². The van der Waals surface area contributed by atoms with E-state index in [-0.39, 0.29) is 11.8 Å². The van der Waals surface area contributed by atoms with Gasteiger partial charge in [-0.3, -0.25) is 9.59 Å². The van der Waals surface area contributed by atoms with E-state index >= 15 is 0 Å². The Hall–Kier alpha value is -1.49. The minimum absolute atomic E-state index is 0.0141. The Morgan fingerprint density at radius 2 is 2.25 bits per heavy atom. The highest BCUT2D eigenvalue weighted by molar-refractivity contribution is 6.30. The first-order chi connectivity index (χ1) is 7.66. The van der Waals surface area contributed by atoms with Crippen molar-refractivity contribution in [2.45, 2.75) is 6.42 Å². The van der Waals surface area contributed by atoms with Crippen molar-refractivity contribution in [3.63, 3.8) is 0 Å². The van der Waals surface area contributed by atoms with Gasteiger partial charge in [-0.25, -0.2) is 0 Å². The summed E-state index contributed by atoms with van der Waals surface area (Å²) in [5.74, 6) is -0.136. The Morgan fingerprint density at radius 3 is 2.94 bits per heavy atom. The van der Waals surface area contributed by atoms with Crippen LogP contribution in [0.1, 0.15) is 16.9 Å². The summed E-state index contributed by atoms with van der Waals surface area (Å²) < 4.78 is 0. The molecule has 2 rings (SSSR count). The molecule has 5 nitrogen and oxygen atoms in total. The number of carbonyl (C=O) groups is 2. The summed E-state index contributed by atoms with van der Waals surface area (Å²) in [4.78, 5) is 27.5. The van der Waals surface area contributed by atoms with Crippen LogP contribution in [0.2, 0.25) is 5.02 Å². The molecule has 1 fully saturated rings. The van der Waals surface area contributed by atoms with Crippen molar-refractivity contribution in [3.8, 4) is 0 Å². The molecule has 2 N–H and O–H groups in total. The summed E-state index contributed by atoms with van der Waals surface area (Å²) in [7, 11) is 0. The molecule has 1 aromatic heterocycles. The highest BCUT2D eigenvalue weighted by Gasteiger charge is 2.20. The molecule has 1 aliphatic heterocycles. The lowest BCUT2D eigenvalue weighted by Gasteiger charge is -2.18. The van der Waals surface area contributed by atoms with E-state index in [0.29, 0.717) is 36.8 Å². The summed E-state index contributed by atoms with van der Waals surface area (Å²) in [6.07, 6.45) is 1.91. The van der Waals surface area contributed by atoms with Crippen LogP contribution in [-0.2, 0) is 4.79 Å². The summed E-state index contributed by atoms with van der Waals surface area (Å²) in [5.41, 5.74) is 0.458. The first kappa shape index (κ1) is 11.0. The molecule has 2 heterocycles. The zero-order valence-electron chi connectivity index (χ0n) is 8.62. The summed E-state index contributed by atoms with van der Waals surface area (Å²) in [6.45, 7) is 1.47. The predicted octanol–water partition coefficient (Wildman–Crippen LogP) is 0.630. The molecule has 0 radical (unpaired) electrons. The van der Waals surface area contributed by atoms with Crippen LogP contribution in [0, 0.1) is 0 Å². The number of aromatic nitrogens is 1. The minimum Gasteiger partial charge on any atom is -0.356 e. The molecule has 16 heavy (non-hydrogen) atoms. The maximum Gasteiger partial charge on any atom is 0.270 e. The number of hydrogen-bond donors (Lipinski definition) is 2. The molecule has 0 unspecified atom stereocenters. The van der Waals surface area contributed by atoms with E-state index in [0.717, 1.165) is 0 Å². The Bertz CT molecular complexity index is 416. The van der Waals surface area contributed by atoms with Crippen LogP contribution in [0.3, 0.4) is 0 Å². The fourth-order valence-corrected chi connectivity index (χ4v) is 1.80. The van der Waals surface area contributed by atoms with E-state index in [1.807, 2.05) is 0 Å². The number of H-pyrrole nitrogens is 1. The fraction of sp³-hybridized carbons (Fsp3) is 0.400. The Balaban J connectivity index is 2.06. The number of amides is 2. The Labute approximate surface area is 97.8 Å². The first-order valence-corrected chi connectivity index (χ1v) is 5.44. The third-order valence-electron chi connectivity index (χ3n) is 2.48. The normalized spacial score (nSPS) is 16.8. The van der Waals surface area contributed by atoms with Gasteiger partial charge in [-0.2, -0.15) is 0 Å². The topological polar surface area (TPSA) is 65.2 Å². The van der Waals surface area contributed by atoms with Crippen LogP contribution in [0.5, 0.6) is 0 Å². The van der Waals surface area contributed by atoms with Gasteiger partial charge >= 0.3 is 0 Å².